The van der Waals surface area contributed by atoms with Crippen molar-refractivity contribution in [3.05, 3.63) is 11.8 Å². The van der Waals surface area contributed by atoms with E-state index in [1.165, 1.54) is 18.2 Å². The van der Waals surface area contributed by atoms with E-state index in [2.05, 4.69) is 5.16 Å². The predicted octanol–water partition coefficient (Wildman–Crippen LogP) is 0.714. The first-order chi connectivity index (χ1) is 12.7. The maximum Gasteiger partial charge on any atom is 0.292 e. The van der Waals surface area contributed by atoms with E-state index in [-0.39, 0.29) is 41.4 Å². The highest BCUT2D eigenvalue weighted by Crippen LogP contribution is 2.36. The Bertz CT molecular complexity index is 671. The van der Waals surface area contributed by atoms with Gasteiger partial charge < -0.3 is 18.9 Å². The van der Waals surface area contributed by atoms with Gasteiger partial charge in [0, 0.05) is 32.0 Å². The molecule has 9 heteroatoms. The summed E-state index contributed by atoms with van der Waals surface area (Å²) in [6, 6.07) is 1.48. The van der Waals surface area contributed by atoms with Crippen LogP contribution in [0.2, 0.25) is 0 Å². The summed E-state index contributed by atoms with van der Waals surface area (Å²) in [6.07, 6.45) is 2.31. The molecular formula is C17H23N3O6. The quantitative estimate of drug-likeness (QED) is 0.776. The van der Waals surface area contributed by atoms with Gasteiger partial charge in [-0.1, -0.05) is 0 Å². The van der Waals surface area contributed by atoms with E-state index < -0.39 is 0 Å². The summed E-state index contributed by atoms with van der Waals surface area (Å²) in [5, 5.41) is 5.15. The lowest BCUT2D eigenvalue weighted by Gasteiger charge is -2.27. The minimum atomic E-state index is -0.233. The fourth-order valence-electron chi connectivity index (χ4n) is 3.91. The zero-order valence-electron chi connectivity index (χ0n) is 14.8. The topological polar surface area (TPSA) is 94.3 Å². The second kappa shape index (κ2) is 7.24. The summed E-state index contributed by atoms with van der Waals surface area (Å²) in [5.41, 5.74) is 0. The van der Waals surface area contributed by atoms with Crippen molar-refractivity contribution in [1.29, 1.82) is 0 Å². The third-order valence-electron chi connectivity index (χ3n) is 5.35. The SMILES string of the molecule is COc1cc(C(=O)N2C[C@@H]3[C@H](CC(=O)N4CCCCO4)CO[C@@H]3C2)on1. The number of fused-ring (bicyclic) bond motifs is 1. The van der Waals surface area contributed by atoms with Gasteiger partial charge in [0.25, 0.3) is 11.8 Å². The Balaban J connectivity index is 1.36. The van der Waals surface area contributed by atoms with E-state index in [0.717, 1.165) is 12.8 Å². The number of hydrogen-bond acceptors (Lipinski definition) is 7. The minimum Gasteiger partial charge on any atom is -0.479 e. The molecule has 0 aromatic carbocycles. The van der Waals surface area contributed by atoms with E-state index in [1.807, 2.05) is 0 Å². The second-order valence-corrected chi connectivity index (χ2v) is 6.98. The third kappa shape index (κ3) is 3.28. The molecule has 0 spiro atoms. The van der Waals surface area contributed by atoms with Gasteiger partial charge in [-0.3, -0.25) is 14.4 Å². The molecule has 3 fully saturated rings. The molecule has 3 saturated heterocycles. The number of amides is 2. The molecule has 1 aromatic heterocycles. The van der Waals surface area contributed by atoms with Gasteiger partial charge in [-0.05, 0) is 23.9 Å². The molecule has 3 aliphatic rings. The Labute approximate surface area is 151 Å². The number of rotatable bonds is 4. The maximum atomic E-state index is 12.6. The van der Waals surface area contributed by atoms with Crippen LogP contribution in [0.25, 0.3) is 0 Å². The van der Waals surface area contributed by atoms with Crippen LogP contribution in [0.4, 0.5) is 0 Å². The Morgan fingerprint density at radius 3 is 2.96 bits per heavy atom. The van der Waals surface area contributed by atoms with E-state index in [4.69, 9.17) is 18.8 Å². The molecule has 9 nitrogen and oxygen atoms in total. The summed E-state index contributed by atoms with van der Waals surface area (Å²) in [5.74, 6) is 0.440. The molecule has 2 amide bonds. The van der Waals surface area contributed by atoms with Gasteiger partial charge in [0.15, 0.2) is 0 Å². The zero-order chi connectivity index (χ0) is 18.1. The monoisotopic (exact) mass is 365 g/mol. The lowest BCUT2D eigenvalue weighted by atomic mass is 9.90. The summed E-state index contributed by atoms with van der Waals surface area (Å²) in [7, 11) is 1.47. The average Bonchev–Trinajstić information content (AvgIpc) is 3.38. The number of likely N-dealkylation sites (tertiary alicyclic amines) is 1. The van der Waals surface area contributed by atoms with Gasteiger partial charge in [0.2, 0.25) is 11.7 Å². The van der Waals surface area contributed by atoms with E-state index >= 15 is 0 Å². The highest BCUT2D eigenvalue weighted by molar-refractivity contribution is 5.92. The number of hydroxylamine groups is 2. The predicted molar refractivity (Wildman–Crippen MR) is 87.2 cm³/mol. The van der Waals surface area contributed by atoms with Crippen LogP contribution in [0.1, 0.15) is 29.8 Å². The van der Waals surface area contributed by atoms with Crippen molar-refractivity contribution >= 4 is 11.8 Å². The fraction of sp³-hybridized carbons (Fsp3) is 0.706. The standard InChI is InChI=1S/C17H23N3O6/c1-23-15-7-13(26-18-15)17(22)19-8-12-11(10-24-14(12)9-19)6-16(21)20-4-2-3-5-25-20/h7,11-12,14H,2-6,8-10H2,1H3/t11-,12-,14-/m1/s1. The normalized spacial score (nSPS) is 28.3. The summed E-state index contributed by atoms with van der Waals surface area (Å²) in [6.45, 7) is 2.84. The van der Waals surface area contributed by atoms with Gasteiger partial charge >= 0.3 is 0 Å². The number of methoxy groups -OCH3 is 1. The van der Waals surface area contributed by atoms with Crippen LogP contribution in [0.5, 0.6) is 5.88 Å². The van der Waals surface area contributed by atoms with Crippen LogP contribution in [0.15, 0.2) is 10.6 Å². The Hall–Kier alpha value is -2.13. The first kappa shape index (κ1) is 17.3. The fourth-order valence-corrected chi connectivity index (χ4v) is 3.91. The average molecular weight is 365 g/mol. The summed E-state index contributed by atoms with van der Waals surface area (Å²) < 4.78 is 15.8. The van der Waals surface area contributed by atoms with Crippen molar-refractivity contribution < 1.29 is 28.4 Å². The van der Waals surface area contributed by atoms with Crippen LogP contribution in [-0.2, 0) is 14.4 Å². The molecule has 26 heavy (non-hydrogen) atoms. The van der Waals surface area contributed by atoms with Gasteiger partial charge in [-0.15, -0.1) is 0 Å². The molecule has 0 aliphatic carbocycles. The van der Waals surface area contributed by atoms with Crippen molar-refractivity contribution in [3.8, 4) is 5.88 Å². The second-order valence-electron chi connectivity index (χ2n) is 6.98. The molecule has 3 atom stereocenters. The van der Waals surface area contributed by atoms with Crippen molar-refractivity contribution in [1.82, 2.24) is 15.1 Å². The number of carbonyl (C=O) groups is 2. The van der Waals surface area contributed by atoms with Crippen molar-refractivity contribution in [2.75, 3.05) is 40.0 Å². The first-order valence-electron chi connectivity index (χ1n) is 9.00. The van der Waals surface area contributed by atoms with E-state index in [0.29, 0.717) is 39.3 Å². The van der Waals surface area contributed by atoms with Crippen molar-refractivity contribution in [2.24, 2.45) is 11.8 Å². The molecule has 4 heterocycles. The number of hydrogen-bond donors (Lipinski definition) is 0. The first-order valence-corrected chi connectivity index (χ1v) is 9.00. The summed E-state index contributed by atoms with van der Waals surface area (Å²) >= 11 is 0. The maximum absolute atomic E-state index is 12.6. The van der Waals surface area contributed by atoms with E-state index in [9.17, 15) is 9.59 Å². The largest absolute Gasteiger partial charge is 0.479 e. The number of ether oxygens (including phenoxy) is 2. The van der Waals surface area contributed by atoms with E-state index in [1.54, 1.807) is 4.90 Å². The molecule has 3 aliphatic heterocycles. The molecular weight excluding hydrogens is 342 g/mol. The highest BCUT2D eigenvalue weighted by atomic mass is 16.7. The van der Waals surface area contributed by atoms with Gasteiger partial charge in [0.05, 0.1) is 32.5 Å². The van der Waals surface area contributed by atoms with Crippen LogP contribution in [0.3, 0.4) is 0 Å². The molecule has 4 rings (SSSR count). The Morgan fingerprint density at radius 1 is 1.35 bits per heavy atom. The number of aromatic nitrogens is 1. The zero-order valence-corrected chi connectivity index (χ0v) is 14.8. The van der Waals surface area contributed by atoms with Crippen molar-refractivity contribution in [2.45, 2.75) is 25.4 Å². The van der Waals surface area contributed by atoms with Crippen molar-refractivity contribution in [3.63, 3.8) is 0 Å². The smallest absolute Gasteiger partial charge is 0.292 e. The Morgan fingerprint density at radius 2 is 2.23 bits per heavy atom. The molecule has 0 radical (unpaired) electrons. The molecule has 0 N–H and O–H groups in total. The molecule has 0 bridgehead atoms. The molecule has 142 valence electrons. The molecule has 0 saturated carbocycles. The van der Waals surface area contributed by atoms with Crippen LogP contribution < -0.4 is 4.74 Å². The van der Waals surface area contributed by atoms with Gasteiger partial charge in [-0.2, -0.15) is 0 Å². The minimum absolute atomic E-state index is 0.00342. The third-order valence-corrected chi connectivity index (χ3v) is 5.35. The van der Waals surface area contributed by atoms with Crippen LogP contribution >= 0.6 is 0 Å². The summed E-state index contributed by atoms with van der Waals surface area (Å²) in [4.78, 5) is 32.1. The van der Waals surface area contributed by atoms with Crippen LogP contribution in [-0.4, -0.2) is 73.0 Å². The number of carbonyl (C=O) groups excluding carboxylic acids is 2. The van der Waals surface area contributed by atoms with Gasteiger partial charge in [-0.25, -0.2) is 5.06 Å². The van der Waals surface area contributed by atoms with Crippen LogP contribution in [0, 0.1) is 11.8 Å². The Kier molecular flexibility index (Phi) is 4.82. The lowest BCUT2D eigenvalue weighted by Crippen LogP contribution is -2.38. The molecule has 0 unspecified atom stereocenters. The number of nitrogens with zero attached hydrogens (tertiary/aromatic N) is 3. The molecule has 1 aromatic rings. The highest BCUT2D eigenvalue weighted by Gasteiger charge is 2.46. The lowest BCUT2D eigenvalue weighted by molar-refractivity contribution is -0.198. The van der Waals surface area contributed by atoms with Gasteiger partial charge in [0.1, 0.15) is 0 Å².